The molecule has 0 bridgehead atoms. The summed E-state index contributed by atoms with van der Waals surface area (Å²) in [6.45, 7) is 7.79. The summed E-state index contributed by atoms with van der Waals surface area (Å²) in [5.74, 6) is 1.92. The molecule has 0 saturated carbocycles. The van der Waals surface area contributed by atoms with E-state index in [0.717, 1.165) is 11.3 Å². The van der Waals surface area contributed by atoms with Crippen LogP contribution in [-0.4, -0.2) is 33.1 Å². The first-order valence-corrected chi connectivity index (χ1v) is 8.04. The van der Waals surface area contributed by atoms with E-state index in [1.807, 2.05) is 39.0 Å². The molecule has 6 nitrogen and oxygen atoms in total. The van der Waals surface area contributed by atoms with Gasteiger partial charge in [0.2, 0.25) is 5.16 Å². The third-order valence-corrected chi connectivity index (χ3v) is 3.96. The second kappa shape index (κ2) is 7.31. The summed E-state index contributed by atoms with van der Waals surface area (Å²) >= 11 is 1.52. The van der Waals surface area contributed by atoms with Crippen LogP contribution in [0.2, 0.25) is 0 Å². The Morgan fingerprint density at radius 3 is 2.73 bits per heavy atom. The van der Waals surface area contributed by atoms with Crippen LogP contribution in [-0.2, 0) is 4.79 Å². The summed E-state index contributed by atoms with van der Waals surface area (Å²) in [6, 6.07) is 5.76. The maximum Gasteiger partial charge on any atom is 0.276 e. The van der Waals surface area contributed by atoms with E-state index in [1.54, 1.807) is 11.6 Å². The number of ether oxygens (including phenoxy) is 1. The zero-order chi connectivity index (χ0) is 16.1. The predicted octanol–water partition coefficient (Wildman–Crippen LogP) is 2.46. The fourth-order valence-corrected chi connectivity index (χ4v) is 2.47. The fraction of sp³-hybridized carbons (Fsp3) is 0.400. The Balaban J connectivity index is 1.95. The van der Waals surface area contributed by atoms with E-state index in [0.29, 0.717) is 16.7 Å². The molecular formula is C15H20N4O2S. The van der Waals surface area contributed by atoms with Crippen molar-refractivity contribution < 1.29 is 9.53 Å². The van der Waals surface area contributed by atoms with Crippen LogP contribution < -0.4 is 10.2 Å². The van der Waals surface area contributed by atoms with Crippen molar-refractivity contribution in [2.45, 2.75) is 32.9 Å². The molecule has 0 unspecified atom stereocenters. The Hall–Kier alpha value is -2.02. The van der Waals surface area contributed by atoms with E-state index in [9.17, 15) is 4.79 Å². The molecule has 0 saturated heterocycles. The maximum absolute atomic E-state index is 12.0. The molecule has 1 N–H and O–H groups in total. The van der Waals surface area contributed by atoms with Gasteiger partial charge in [-0.3, -0.25) is 10.2 Å². The third kappa shape index (κ3) is 4.00. The normalized spacial score (nSPS) is 10.5. The van der Waals surface area contributed by atoms with Crippen molar-refractivity contribution in [1.29, 1.82) is 0 Å². The van der Waals surface area contributed by atoms with Crippen LogP contribution in [0.4, 0.5) is 0 Å². The van der Waals surface area contributed by atoms with Crippen molar-refractivity contribution in [3.63, 3.8) is 0 Å². The molecule has 2 rings (SSSR count). The van der Waals surface area contributed by atoms with Crippen molar-refractivity contribution in [2.24, 2.45) is 0 Å². The van der Waals surface area contributed by atoms with E-state index in [1.165, 1.54) is 17.3 Å². The minimum atomic E-state index is -0.251. The maximum atomic E-state index is 12.0. The van der Waals surface area contributed by atoms with Crippen LogP contribution in [0.25, 0.3) is 0 Å². The molecule has 1 amide bonds. The zero-order valence-corrected chi connectivity index (χ0v) is 14.0. The average molecular weight is 320 g/mol. The number of aromatic nitrogens is 3. The van der Waals surface area contributed by atoms with Crippen LogP contribution in [0.3, 0.4) is 0 Å². The zero-order valence-electron chi connectivity index (χ0n) is 13.2. The van der Waals surface area contributed by atoms with Crippen molar-refractivity contribution in [2.75, 3.05) is 17.8 Å². The number of hydrogen-bond acceptors (Lipinski definition) is 5. The highest BCUT2D eigenvalue weighted by Crippen LogP contribution is 2.17. The lowest BCUT2D eigenvalue weighted by molar-refractivity contribution is -0.119. The number of aryl methyl sites for hydroxylation is 3. The Morgan fingerprint density at radius 1 is 1.27 bits per heavy atom. The summed E-state index contributed by atoms with van der Waals surface area (Å²) in [6.07, 6.45) is 0. The number of nitrogens with one attached hydrogen (secondary N) is 1. The quantitative estimate of drug-likeness (QED) is 0.828. The van der Waals surface area contributed by atoms with Gasteiger partial charge in [0.15, 0.2) is 6.61 Å². The molecule has 0 radical (unpaired) electrons. The molecule has 2 aromatic rings. The van der Waals surface area contributed by atoms with E-state index in [-0.39, 0.29) is 12.5 Å². The van der Waals surface area contributed by atoms with Gasteiger partial charge in [0.25, 0.3) is 5.91 Å². The Kier molecular flexibility index (Phi) is 5.43. The largest absolute Gasteiger partial charge is 0.484 e. The van der Waals surface area contributed by atoms with Gasteiger partial charge in [-0.25, -0.2) is 4.68 Å². The minimum absolute atomic E-state index is 0.0592. The lowest BCUT2D eigenvalue weighted by Gasteiger charge is -2.11. The van der Waals surface area contributed by atoms with Crippen LogP contribution in [0, 0.1) is 20.8 Å². The molecule has 1 aromatic carbocycles. The number of hydrogen-bond donors (Lipinski definition) is 1. The molecule has 0 aliphatic heterocycles. The van der Waals surface area contributed by atoms with E-state index < -0.39 is 0 Å². The minimum Gasteiger partial charge on any atom is -0.484 e. The number of benzene rings is 1. The second-order valence-electron chi connectivity index (χ2n) is 4.87. The van der Waals surface area contributed by atoms with Gasteiger partial charge in [-0.15, -0.1) is 10.2 Å². The van der Waals surface area contributed by atoms with Gasteiger partial charge >= 0.3 is 0 Å². The van der Waals surface area contributed by atoms with Crippen LogP contribution >= 0.6 is 11.8 Å². The van der Waals surface area contributed by atoms with Crippen LogP contribution in [0.15, 0.2) is 23.4 Å². The van der Waals surface area contributed by atoms with Gasteiger partial charge in [-0.05, 0) is 49.8 Å². The number of rotatable bonds is 6. The van der Waals surface area contributed by atoms with Gasteiger partial charge in [0, 0.05) is 0 Å². The number of nitrogens with zero attached hydrogens (tertiary/aromatic N) is 3. The highest BCUT2D eigenvalue weighted by molar-refractivity contribution is 7.99. The molecule has 0 fully saturated rings. The van der Waals surface area contributed by atoms with Gasteiger partial charge in [0.05, 0.1) is 0 Å². The summed E-state index contributed by atoms with van der Waals surface area (Å²) in [5.41, 5.74) is 5.07. The molecular weight excluding hydrogens is 300 g/mol. The molecule has 0 spiro atoms. The molecule has 22 heavy (non-hydrogen) atoms. The first-order chi connectivity index (χ1) is 10.5. The number of carbonyl (C=O) groups is 1. The highest BCUT2D eigenvalue weighted by atomic mass is 32.2. The molecule has 0 aliphatic carbocycles. The molecule has 118 valence electrons. The predicted molar refractivity (Wildman–Crippen MR) is 86.9 cm³/mol. The van der Waals surface area contributed by atoms with Crippen molar-refractivity contribution in [3.8, 4) is 5.75 Å². The van der Waals surface area contributed by atoms with Crippen LogP contribution in [0.5, 0.6) is 5.75 Å². The number of thioether (sulfide) groups is 1. The third-order valence-electron chi connectivity index (χ3n) is 3.15. The molecule has 0 atom stereocenters. The first-order valence-electron chi connectivity index (χ1n) is 7.06. The SMILES string of the molecule is CCSc1nnc(C)n1NC(=O)COc1ccc(C)c(C)c1. The molecule has 7 heteroatoms. The van der Waals surface area contributed by atoms with Crippen molar-refractivity contribution in [3.05, 3.63) is 35.2 Å². The topological polar surface area (TPSA) is 69.0 Å². The molecule has 1 heterocycles. The Labute approximate surface area is 134 Å². The van der Waals surface area contributed by atoms with Crippen LogP contribution in [0.1, 0.15) is 23.9 Å². The highest BCUT2D eigenvalue weighted by Gasteiger charge is 2.12. The Morgan fingerprint density at radius 2 is 2.05 bits per heavy atom. The summed E-state index contributed by atoms with van der Waals surface area (Å²) in [7, 11) is 0. The summed E-state index contributed by atoms with van der Waals surface area (Å²) in [5, 5.41) is 8.65. The van der Waals surface area contributed by atoms with Gasteiger partial charge in [-0.1, -0.05) is 24.8 Å². The van der Waals surface area contributed by atoms with Gasteiger partial charge in [0.1, 0.15) is 11.6 Å². The molecule has 1 aromatic heterocycles. The monoisotopic (exact) mass is 320 g/mol. The van der Waals surface area contributed by atoms with Gasteiger partial charge < -0.3 is 4.74 Å². The fourth-order valence-electron chi connectivity index (χ4n) is 1.80. The van der Waals surface area contributed by atoms with Crippen molar-refractivity contribution >= 4 is 17.7 Å². The van der Waals surface area contributed by atoms with E-state index >= 15 is 0 Å². The number of carbonyl (C=O) groups excluding carboxylic acids is 1. The second-order valence-corrected chi connectivity index (χ2v) is 6.10. The van der Waals surface area contributed by atoms with E-state index in [4.69, 9.17) is 4.74 Å². The first kappa shape index (κ1) is 16.4. The lowest BCUT2D eigenvalue weighted by Crippen LogP contribution is -2.29. The number of amides is 1. The lowest BCUT2D eigenvalue weighted by atomic mass is 10.1. The average Bonchev–Trinajstić information content (AvgIpc) is 2.82. The van der Waals surface area contributed by atoms with Crippen molar-refractivity contribution in [1.82, 2.24) is 14.9 Å². The summed E-state index contributed by atoms with van der Waals surface area (Å²) < 4.78 is 7.10. The molecule has 0 aliphatic rings. The Bertz CT molecular complexity index is 670. The standard InChI is InChI=1S/C15H20N4O2S/c1-5-22-15-17-16-12(4)19(15)18-14(20)9-21-13-7-6-10(2)11(3)8-13/h6-8H,5,9H2,1-4H3,(H,18,20). The smallest absolute Gasteiger partial charge is 0.276 e. The van der Waals surface area contributed by atoms with E-state index in [2.05, 4.69) is 15.6 Å². The van der Waals surface area contributed by atoms with Gasteiger partial charge in [-0.2, -0.15) is 0 Å². The summed E-state index contributed by atoms with van der Waals surface area (Å²) in [4.78, 5) is 12.0.